The van der Waals surface area contributed by atoms with E-state index in [9.17, 15) is 0 Å². The monoisotopic (exact) mass is 232 g/mol. The number of methoxy groups -OCH3 is 1. The molecule has 1 aromatic rings. The number of anilines is 1. The van der Waals surface area contributed by atoms with Gasteiger partial charge in [0.25, 0.3) is 0 Å². The van der Waals surface area contributed by atoms with Crippen molar-refractivity contribution in [1.29, 1.82) is 0 Å². The van der Waals surface area contributed by atoms with Gasteiger partial charge >= 0.3 is 0 Å². The van der Waals surface area contributed by atoms with Crippen molar-refractivity contribution in [3.63, 3.8) is 0 Å². The van der Waals surface area contributed by atoms with Crippen molar-refractivity contribution in [3.8, 4) is 5.75 Å². The number of hydrogen-bond donors (Lipinski definition) is 1. The molecule has 2 aliphatic rings. The lowest BCUT2D eigenvalue weighted by Crippen LogP contribution is -2.45. The molecule has 0 bridgehead atoms. The standard InChI is InChI=1S/C14H20N2O/c1-17-13-6-2-4-10-8-12-11(9-15)5-3-7-16(12)14(10)13/h2,4,6,11-12H,3,5,7-9,15H2,1H3. The molecule has 2 heterocycles. The van der Waals surface area contributed by atoms with E-state index in [1.54, 1.807) is 7.11 Å². The van der Waals surface area contributed by atoms with Crippen LogP contribution in [0.5, 0.6) is 5.75 Å². The van der Waals surface area contributed by atoms with E-state index in [-0.39, 0.29) is 0 Å². The van der Waals surface area contributed by atoms with Gasteiger partial charge in [-0.15, -0.1) is 0 Å². The minimum Gasteiger partial charge on any atom is -0.495 e. The Labute approximate surface area is 103 Å². The third-order valence-corrected chi connectivity index (χ3v) is 4.24. The molecule has 3 nitrogen and oxygen atoms in total. The lowest BCUT2D eigenvalue weighted by Gasteiger charge is -2.38. The first-order valence-corrected chi connectivity index (χ1v) is 6.47. The average molecular weight is 232 g/mol. The van der Waals surface area contributed by atoms with Crippen LogP contribution in [0.3, 0.4) is 0 Å². The van der Waals surface area contributed by atoms with Gasteiger partial charge in [-0.05, 0) is 43.4 Å². The molecule has 0 spiro atoms. The molecule has 3 heteroatoms. The maximum Gasteiger partial charge on any atom is 0.142 e. The smallest absolute Gasteiger partial charge is 0.142 e. The highest BCUT2D eigenvalue weighted by molar-refractivity contribution is 5.68. The Morgan fingerprint density at radius 2 is 2.35 bits per heavy atom. The number of fused-ring (bicyclic) bond motifs is 3. The summed E-state index contributed by atoms with van der Waals surface area (Å²) in [4.78, 5) is 2.52. The third-order valence-electron chi connectivity index (χ3n) is 4.24. The quantitative estimate of drug-likeness (QED) is 0.845. The van der Waals surface area contributed by atoms with Crippen LogP contribution in [0.25, 0.3) is 0 Å². The Morgan fingerprint density at radius 1 is 1.47 bits per heavy atom. The Morgan fingerprint density at radius 3 is 3.12 bits per heavy atom. The van der Waals surface area contributed by atoms with Crippen LogP contribution < -0.4 is 15.4 Å². The van der Waals surface area contributed by atoms with Gasteiger partial charge in [0.15, 0.2) is 0 Å². The summed E-state index contributed by atoms with van der Waals surface area (Å²) < 4.78 is 5.50. The Kier molecular flexibility index (Phi) is 2.71. The van der Waals surface area contributed by atoms with Crippen molar-refractivity contribution >= 4 is 5.69 Å². The average Bonchev–Trinajstić information content (AvgIpc) is 2.76. The molecular weight excluding hydrogens is 212 g/mol. The van der Waals surface area contributed by atoms with Gasteiger partial charge in [-0.1, -0.05) is 12.1 Å². The highest BCUT2D eigenvalue weighted by atomic mass is 16.5. The summed E-state index contributed by atoms with van der Waals surface area (Å²) in [5.41, 5.74) is 8.65. The molecule has 1 aromatic carbocycles. The number of nitrogens with two attached hydrogens (primary N) is 1. The van der Waals surface area contributed by atoms with Crippen LogP contribution in [0.15, 0.2) is 18.2 Å². The topological polar surface area (TPSA) is 38.5 Å². The molecule has 0 saturated carbocycles. The fraction of sp³-hybridized carbons (Fsp3) is 0.571. The summed E-state index contributed by atoms with van der Waals surface area (Å²) in [5, 5.41) is 0. The van der Waals surface area contributed by atoms with Gasteiger partial charge in [-0.3, -0.25) is 0 Å². The summed E-state index contributed by atoms with van der Waals surface area (Å²) >= 11 is 0. The van der Waals surface area contributed by atoms with Crippen LogP contribution in [-0.2, 0) is 6.42 Å². The molecular formula is C14H20N2O. The second kappa shape index (κ2) is 4.22. The molecule has 1 fully saturated rings. The summed E-state index contributed by atoms with van der Waals surface area (Å²) in [6, 6.07) is 6.98. The molecule has 2 N–H and O–H groups in total. The second-order valence-corrected chi connectivity index (χ2v) is 5.07. The molecule has 3 rings (SSSR count). The number of para-hydroxylation sites is 1. The molecule has 92 valence electrons. The largest absolute Gasteiger partial charge is 0.495 e. The molecule has 2 aliphatic heterocycles. The Hall–Kier alpha value is -1.22. The highest BCUT2D eigenvalue weighted by Crippen LogP contribution is 2.44. The van der Waals surface area contributed by atoms with Crippen LogP contribution in [0.2, 0.25) is 0 Å². The minimum atomic E-state index is 0.597. The SMILES string of the molecule is COc1cccc2c1N1CCCC(CN)C1C2. The molecule has 0 amide bonds. The number of piperidine rings is 1. The fourth-order valence-corrected chi connectivity index (χ4v) is 3.41. The van der Waals surface area contributed by atoms with Crippen molar-refractivity contribution in [2.45, 2.75) is 25.3 Å². The molecule has 1 saturated heterocycles. The van der Waals surface area contributed by atoms with Gasteiger partial charge in [0, 0.05) is 12.6 Å². The summed E-state index contributed by atoms with van der Waals surface area (Å²) in [5.74, 6) is 1.66. The normalized spacial score (nSPS) is 26.6. The number of hydrogen-bond acceptors (Lipinski definition) is 3. The highest BCUT2D eigenvalue weighted by Gasteiger charge is 2.38. The molecule has 0 aromatic heterocycles. The van der Waals surface area contributed by atoms with Crippen LogP contribution in [0, 0.1) is 5.92 Å². The van der Waals surface area contributed by atoms with Crippen molar-refractivity contribution in [2.75, 3.05) is 25.1 Å². The molecule has 2 atom stereocenters. The van der Waals surface area contributed by atoms with Gasteiger partial charge in [0.2, 0.25) is 0 Å². The summed E-state index contributed by atoms with van der Waals surface area (Å²) in [6.45, 7) is 1.95. The van der Waals surface area contributed by atoms with E-state index in [1.807, 2.05) is 0 Å². The van der Waals surface area contributed by atoms with E-state index in [2.05, 4.69) is 23.1 Å². The number of ether oxygens (including phenoxy) is 1. The first kappa shape index (κ1) is 10.9. The van der Waals surface area contributed by atoms with Crippen LogP contribution in [-0.4, -0.2) is 26.2 Å². The summed E-state index contributed by atoms with van der Waals surface area (Å²) in [7, 11) is 1.76. The molecule has 17 heavy (non-hydrogen) atoms. The number of benzene rings is 1. The van der Waals surface area contributed by atoms with E-state index >= 15 is 0 Å². The summed E-state index contributed by atoms with van der Waals surface area (Å²) in [6.07, 6.45) is 3.65. The molecule has 0 aliphatic carbocycles. The first-order valence-electron chi connectivity index (χ1n) is 6.47. The van der Waals surface area contributed by atoms with Crippen molar-refractivity contribution < 1.29 is 4.74 Å². The first-order chi connectivity index (χ1) is 8.35. The number of rotatable bonds is 2. The zero-order valence-corrected chi connectivity index (χ0v) is 10.4. The fourth-order valence-electron chi connectivity index (χ4n) is 3.41. The second-order valence-electron chi connectivity index (χ2n) is 5.07. The van der Waals surface area contributed by atoms with Gasteiger partial charge in [0.05, 0.1) is 12.8 Å². The van der Waals surface area contributed by atoms with E-state index in [0.29, 0.717) is 12.0 Å². The van der Waals surface area contributed by atoms with E-state index in [1.165, 1.54) is 24.1 Å². The van der Waals surface area contributed by atoms with E-state index in [4.69, 9.17) is 10.5 Å². The Balaban J connectivity index is 2.00. The van der Waals surface area contributed by atoms with Gasteiger partial charge in [0.1, 0.15) is 5.75 Å². The lowest BCUT2D eigenvalue weighted by molar-refractivity contribution is 0.336. The zero-order valence-electron chi connectivity index (χ0n) is 10.4. The Bertz CT molecular complexity index is 419. The van der Waals surface area contributed by atoms with Gasteiger partial charge in [-0.2, -0.15) is 0 Å². The van der Waals surface area contributed by atoms with E-state index < -0.39 is 0 Å². The third kappa shape index (κ3) is 1.61. The van der Waals surface area contributed by atoms with Crippen LogP contribution in [0.4, 0.5) is 5.69 Å². The minimum absolute atomic E-state index is 0.597. The van der Waals surface area contributed by atoms with Crippen LogP contribution >= 0.6 is 0 Å². The lowest BCUT2D eigenvalue weighted by atomic mass is 9.89. The van der Waals surface area contributed by atoms with Crippen molar-refractivity contribution in [1.82, 2.24) is 0 Å². The van der Waals surface area contributed by atoms with E-state index in [0.717, 1.165) is 25.3 Å². The van der Waals surface area contributed by atoms with Crippen molar-refractivity contribution in [2.24, 2.45) is 11.7 Å². The molecule has 2 unspecified atom stereocenters. The molecule has 0 radical (unpaired) electrons. The number of nitrogens with zero attached hydrogens (tertiary/aromatic N) is 1. The maximum atomic E-state index is 5.91. The van der Waals surface area contributed by atoms with Crippen LogP contribution in [0.1, 0.15) is 18.4 Å². The predicted molar refractivity (Wildman–Crippen MR) is 69.6 cm³/mol. The zero-order chi connectivity index (χ0) is 11.8. The van der Waals surface area contributed by atoms with Crippen molar-refractivity contribution in [3.05, 3.63) is 23.8 Å². The van der Waals surface area contributed by atoms with Gasteiger partial charge in [-0.25, -0.2) is 0 Å². The van der Waals surface area contributed by atoms with Gasteiger partial charge < -0.3 is 15.4 Å². The predicted octanol–water partition coefficient (Wildman–Crippen LogP) is 1.79. The maximum absolute atomic E-state index is 5.91.